The van der Waals surface area contributed by atoms with Gasteiger partial charge < -0.3 is 10.4 Å². The van der Waals surface area contributed by atoms with E-state index in [0.717, 1.165) is 0 Å². The maximum absolute atomic E-state index is 9.23. The van der Waals surface area contributed by atoms with Crippen molar-refractivity contribution in [3.05, 3.63) is 0 Å². The second-order valence-corrected chi connectivity index (χ2v) is 4.89. The minimum atomic E-state index is 0.272. The molecule has 0 aliphatic heterocycles. The number of hydrogen-bond donors (Lipinski definition) is 2. The SMILES string of the molecule is CC(C)[C@@H](CO)NC1CCCCCC1. The maximum atomic E-state index is 9.23. The predicted octanol–water partition coefficient (Wildman–Crippen LogP) is 2.32. The van der Waals surface area contributed by atoms with Gasteiger partial charge in [-0.05, 0) is 18.8 Å². The lowest BCUT2D eigenvalue weighted by Gasteiger charge is -2.26. The van der Waals surface area contributed by atoms with Gasteiger partial charge in [0.2, 0.25) is 0 Å². The van der Waals surface area contributed by atoms with Crippen molar-refractivity contribution in [3.63, 3.8) is 0 Å². The fraction of sp³-hybridized carbons (Fsp3) is 1.00. The molecule has 1 aliphatic carbocycles. The topological polar surface area (TPSA) is 32.3 Å². The molecule has 1 aliphatic rings. The highest BCUT2D eigenvalue weighted by Gasteiger charge is 2.18. The average molecular weight is 199 g/mol. The normalized spacial score (nSPS) is 22.3. The molecule has 0 spiro atoms. The molecule has 14 heavy (non-hydrogen) atoms. The molecule has 0 unspecified atom stereocenters. The van der Waals surface area contributed by atoms with Gasteiger partial charge in [0.25, 0.3) is 0 Å². The molecular weight excluding hydrogens is 174 g/mol. The minimum absolute atomic E-state index is 0.272. The van der Waals surface area contributed by atoms with Gasteiger partial charge in [-0.3, -0.25) is 0 Å². The second-order valence-electron chi connectivity index (χ2n) is 4.89. The third kappa shape index (κ3) is 3.97. The van der Waals surface area contributed by atoms with E-state index < -0.39 is 0 Å². The first-order valence-electron chi connectivity index (χ1n) is 6.11. The van der Waals surface area contributed by atoms with Crippen LogP contribution >= 0.6 is 0 Å². The Morgan fingerprint density at radius 2 is 1.71 bits per heavy atom. The smallest absolute Gasteiger partial charge is 0.0587 e. The van der Waals surface area contributed by atoms with Gasteiger partial charge in [0.15, 0.2) is 0 Å². The molecule has 0 aromatic heterocycles. The van der Waals surface area contributed by atoms with Crippen molar-refractivity contribution in [3.8, 4) is 0 Å². The minimum Gasteiger partial charge on any atom is -0.395 e. The summed E-state index contributed by atoms with van der Waals surface area (Å²) in [6.07, 6.45) is 8.08. The molecule has 2 heteroatoms. The van der Waals surface area contributed by atoms with Crippen LogP contribution in [0, 0.1) is 5.92 Å². The summed E-state index contributed by atoms with van der Waals surface area (Å²) in [5.74, 6) is 0.531. The van der Waals surface area contributed by atoms with Crippen LogP contribution in [0.3, 0.4) is 0 Å². The molecule has 2 nitrogen and oxygen atoms in total. The van der Waals surface area contributed by atoms with E-state index in [0.29, 0.717) is 12.0 Å². The average Bonchev–Trinajstić information content (AvgIpc) is 2.41. The van der Waals surface area contributed by atoms with Gasteiger partial charge in [-0.1, -0.05) is 39.5 Å². The van der Waals surface area contributed by atoms with Gasteiger partial charge in [0.05, 0.1) is 6.61 Å². The second kappa shape index (κ2) is 6.41. The highest BCUT2D eigenvalue weighted by atomic mass is 16.3. The zero-order valence-corrected chi connectivity index (χ0v) is 9.63. The van der Waals surface area contributed by atoms with Gasteiger partial charge in [-0.2, -0.15) is 0 Å². The Labute approximate surface area is 88.1 Å². The first-order valence-corrected chi connectivity index (χ1v) is 6.11. The molecule has 1 rings (SSSR count). The lowest BCUT2D eigenvalue weighted by atomic mass is 10.0. The van der Waals surface area contributed by atoms with E-state index in [2.05, 4.69) is 19.2 Å². The first-order chi connectivity index (χ1) is 6.74. The van der Waals surface area contributed by atoms with Crippen LogP contribution in [0.5, 0.6) is 0 Å². The van der Waals surface area contributed by atoms with Crippen molar-refractivity contribution in [2.45, 2.75) is 64.5 Å². The van der Waals surface area contributed by atoms with Crippen molar-refractivity contribution in [2.75, 3.05) is 6.61 Å². The molecule has 1 saturated carbocycles. The molecule has 0 saturated heterocycles. The Bertz CT molecular complexity index is 139. The molecular formula is C12H25NO. The quantitative estimate of drug-likeness (QED) is 0.681. The molecule has 2 N–H and O–H groups in total. The lowest BCUT2D eigenvalue weighted by Crippen LogP contribution is -2.43. The fourth-order valence-electron chi connectivity index (χ4n) is 2.20. The third-order valence-corrected chi connectivity index (χ3v) is 3.31. The van der Waals surface area contributed by atoms with Crippen LogP contribution < -0.4 is 5.32 Å². The monoisotopic (exact) mass is 199 g/mol. The van der Waals surface area contributed by atoms with E-state index in [-0.39, 0.29) is 12.6 Å². The summed E-state index contributed by atoms with van der Waals surface area (Å²) in [6.45, 7) is 4.61. The van der Waals surface area contributed by atoms with Crippen LogP contribution in [-0.2, 0) is 0 Å². The van der Waals surface area contributed by atoms with E-state index in [9.17, 15) is 5.11 Å². The van der Waals surface area contributed by atoms with Crippen LogP contribution in [0.15, 0.2) is 0 Å². The molecule has 0 bridgehead atoms. The Balaban J connectivity index is 2.32. The van der Waals surface area contributed by atoms with Crippen LogP contribution in [0.1, 0.15) is 52.4 Å². The lowest BCUT2D eigenvalue weighted by molar-refractivity contribution is 0.195. The molecule has 0 amide bonds. The first kappa shape index (κ1) is 12.0. The molecule has 1 atom stereocenters. The Hall–Kier alpha value is -0.0800. The number of hydrogen-bond acceptors (Lipinski definition) is 2. The highest BCUT2D eigenvalue weighted by molar-refractivity contribution is 4.77. The van der Waals surface area contributed by atoms with E-state index in [1.165, 1.54) is 38.5 Å². The zero-order valence-electron chi connectivity index (χ0n) is 9.63. The van der Waals surface area contributed by atoms with Crippen LogP contribution in [-0.4, -0.2) is 23.8 Å². The third-order valence-electron chi connectivity index (χ3n) is 3.31. The molecule has 84 valence electrons. The van der Waals surface area contributed by atoms with E-state index in [1.807, 2.05) is 0 Å². The largest absolute Gasteiger partial charge is 0.395 e. The van der Waals surface area contributed by atoms with Crippen molar-refractivity contribution in [1.82, 2.24) is 5.32 Å². The van der Waals surface area contributed by atoms with Crippen LogP contribution in [0.25, 0.3) is 0 Å². The highest BCUT2D eigenvalue weighted by Crippen LogP contribution is 2.18. The predicted molar refractivity (Wildman–Crippen MR) is 60.3 cm³/mol. The van der Waals surface area contributed by atoms with Crippen molar-refractivity contribution in [2.24, 2.45) is 5.92 Å². The summed E-state index contributed by atoms with van der Waals surface area (Å²) in [7, 11) is 0. The molecule has 0 aromatic rings. The summed E-state index contributed by atoms with van der Waals surface area (Å²) in [5.41, 5.74) is 0. The summed E-state index contributed by atoms with van der Waals surface area (Å²) in [4.78, 5) is 0. The summed E-state index contributed by atoms with van der Waals surface area (Å²) >= 11 is 0. The van der Waals surface area contributed by atoms with Crippen molar-refractivity contribution < 1.29 is 5.11 Å². The summed E-state index contributed by atoms with van der Waals surface area (Å²) < 4.78 is 0. The zero-order chi connectivity index (χ0) is 10.4. The molecule has 1 fully saturated rings. The van der Waals surface area contributed by atoms with Gasteiger partial charge in [0.1, 0.15) is 0 Å². The summed E-state index contributed by atoms with van der Waals surface area (Å²) in [6, 6.07) is 0.940. The van der Waals surface area contributed by atoms with Gasteiger partial charge in [-0.25, -0.2) is 0 Å². The van der Waals surface area contributed by atoms with E-state index in [4.69, 9.17) is 0 Å². The number of rotatable bonds is 4. The van der Waals surface area contributed by atoms with Gasteiger partial charge >= 0.3 is 0 Å². The standard InChI is InChI=1S/C12H25NO/c1-10(2)12(9-14)13-11-7-5-3-4-6-8-11/h10-14H,3-9H2,1-2H3/t12-/m1/s1. The Kier molecular flexibility index (Phi) is 5.49. The number of aliphatic hydroxyl groups is 1. The Morgan fingerprint density at radius 1 is 1.14 bits per heavy atom. The molecule has 0 aromatic carbocycles. The number of nitrogens with one attached hydrogen (secondary N) is 1. The van der Waals surface area contributed by atoms with Crippen molar-refractivity contribution >= 4 is 0 Å². The maximum Gasteiger partial charge on any atom is 0.0587 e. The van der Waals surface area contributed by atoms with Gasteiger partial charge in [-0.15, -0.1) is 0 Å². The molecule has 0 heterocycles. The van der Waals surface area contributed by atoms with E-state index in [1.54, 1.807) is 0 Å². The molecule has 0 radical (unpaired) electrons. The van der Waals surface area contributed by atoms with Crippen LogP contribution in [0.4, 0.5) is 0 Å². The van der Waals surface area contributed by atoms with Gasteiger partial charge in [0, 0.05) is 12.1 Å². The van der Waals surface area contributed by atoms with Crippen LogP contribution in [0.2, 0.25) is 0 Å². The van der Waals surface area contributed by atoms with E-state index >= 15 is 0 Å². The van der Waals surface area contributed by atoms with Crippen molar-refractivity contribution in [1.29, 1.82) is 0 Å². The number of aliphatic hydroxyl groups excluding tert-OH is 1. The summed E-state index contributed by atoms with van der Waals surface area (Å²) in [5, 5.41) is 12.8. The fourth-order valence-corrected chi connectivity index (χ4v) is 2.20. The Morgan fingerprint density at radius 3 is 2.14 bits per heavy atom.